The van der Waals surface area contributed by atoms with Crippen LogP contribution in [0.3, 0.4) is 0 Å². The third-order valence-electron chi connectivity index (χ3n) is 2.31. The van der Waals surface area contributed by atoms with E-state index in [4.69, 9.17) is 5.73 Å². The standard InChI is InChI=1S/C11H16N2O4S/c1-8(11(14)17-2)13-18(15,16)7-9-5-3-4-6-10(9)12/h3-6,8,13H,7,12H2,1-2H3. The number of hydrogen-bond donors (Lipinski definition) is 2. The molecule has 0 aromatic heterocycles. The number of anilines is 1. The lowest BCUT2D eigenvalue weighted by molar-refractivity contribution is -0.142. The minimum atomic E-state index is -3.64. The van der Waals surface area contributed by atoms with Crippen LogP contribution in [0.5, 0.6) is 0 Å². The van der Waals surface area contributed by atoms with Gasteiger partial charge in [-0.25, -0.2) is 13.1 Å². The number of hydrogen-bond acceptors (Lipinski definition) is 5. The van der Waals surface area contributed by atoms with Gasteiger partial charge in [-0.15, -0.1) is 0 Å². The van der Waals surface area contributed by atoms with E-state index in [1.165, 1.54) is 14.0 Å². The molecule has 0 aliphatic heterocycles. The first-order chi connectivity index (χ1) is 8.35. The molecular formula is C11H16N2O4S. The predicted octanol–water partition coefficient (Wildman–Crippen LogP) is 0.250. The Morgan fingerprint density at radius 3 is 2.61 bits per heavy atom. The van der Waals surface area contributed by atoms with Crippen LogP contribution in [0.2, 0.25) is 0 Å². The summed E-state index contributed by atoms with van der Waals surface area (Å²) in [5.74, 6) is -0.916. The van der Waals surface area contributed by atoms with Crippen LogP contribution in [-0.2, 0) is 25.3 Å². The third-order valence-corrected chi connectivity index (χ3v) is 3.72. The molecular weight excluding hydrogens is 256 g/mol. The van der Waals surface area contributed by atoms with Gasteiger partial charge < -0.3 is 10.5 Å². The first-order valence-corrected chi connectivity index (χ1v) is 6.92. The molecule has 0 fully saturated rings. The number of esters is 1. The molecule has 3 N–H and O–H groups in total. The zero-order valence-corrected chi connectivity index (χ0v) is 11.0. The maximum absolute atomic E-state index is 11.8. The molecule has 0 aliphatic carbocycles. The summed E-state index contributed by atoms with van der Waals surface area (Å²) >= 11 is 0. The van der Waals surface area contributed by atoms with Gasteiger partial charge in [0.15, 0.2) is 0 Å². The molecule has 6 nitrogen and oxygen atoms in total. The lowest BCUT2D eigenvalue weighted by atomic mass is 10.2. The molecule has 0 bridgehead atoms. The SMILES string of the molecule is COC(=O)C(C)NS(=O)(=O)Cc1ccccc1N. The molecule has 0 radical (unpaired) electrons. The van der Waals surface area contributed by atoms with Crippen LogP contribution in [0, 0.1) is 0 Å². The van der Waals surface area contributed by atoms with Crippen LogP contribution in [0.4, 0.5) is 5.69 Å². The third kappa shape index (κ3) is 4.01. The van der Waals surface area contributed by atoms with Gasteiger partial charge >= 0.3 is 5.97 Å². The molecule has 0 saturated heterocycles. The number of benzene rings is 1. The van der Waals surface area contributed by atoms with E-state index in [2.05, 4.69) is 9.46 Å². The van der Waals surface area contributed by atoms with Crippen molar-refractivity contribution < 1.29 is 17.9 Å². The van der Waals surface area contributed by atoms with Crippen LogP contribution in [0.1, 0.15) is 12.5 Å². The van der Waals surface area contributed by atoms with E-state index in [9.17, 15) is 13.2 Å². The molecule has 1 aromatic rings. The fourth-order valence-electron chi connectivity index (χ4n) is 1.41. The van der Waals surface area contributed by atoms with E-state index < -0.39 is 22.0 Å². The van der Waals surface area contributed by atoms with E-state index in [-0.39, 0.29) is 5.75 Å². The van der Waals surface area contributed by atoms with Crippen molar-refractivity contribution in [3.05, 3.63) is 29.8 Å². The van der Waals surface area contributed by atoms with Crippen LogP contribution in [0.15, 0.2) is 24.3 Å². The van der Waals surface area contributed by atoms with Crippen LogP contribution >= 0.6 is 0 Å². The quantitative estimate of drug-likeness (QED) is 0.591. The highest BCUT2D eigenvalue weighted by Crippen LogP contribution is 2.13. The highest BCUT2D eigenvalue weighted by molar-refractivity contribution is 7.88. The highest BCUT2D eigenvalue weighted by atomic mass is 32.2. The maximum atomic E-state index is 11.8. The Labute approximate surface area is 106 Å². The lowest BCUT2D eigenvalue weighted by Gasteiger charge is -2.12. The number of nitrogen functional groups attached to an aromatic ring is 1. The molecule has 0 amide bonds. The zero-order valence-electron chi connectivity index (χ0n) is 10.2. The zero-order chi connectivity index (χ0) is 13.8. The first-order valence-electron chi connectivity index (χ1n) is 5.27. The Kier molecular flexibility index (Phi) is 4.69. The molecule has 0 heterocycles. The van der Waals surface area contributed by atoms with Gasteiger partial charge in [0.05, 0.1) is 12.9 Å². The number of methoxy groups -OCH3 is 1. The molecule has 1 unspecified atom stereocenters. The van der Waals surface area contributed by atoms with E-state index >= 15 is 0 Å². The van der Waals surface area contributed by atoms with Gasteiger partial charge in [-0.3, -0.25) is 4.79 Å². The van der Waals surface area contributed by atoms with Gasteiger partial charge in [-0.1, -0.05) is 18.2 Å². The van der Waals surface area contributed by atoms with E-state index in [0.717, 1.165) is 0 Å². The van der Waals surface area contributed by atoms with Crippen molar-refractivity contribution in [1.29, 1.82) is 0 Å². The second-order valence-corrected chi connectivity index (χ2v) is 5.57. The van der Waals surface area contributed by atoms with Crippen molar-refractivity contribution in [1.82, 2.24) is 4.72 Å². The molecule has 0 aliphatic rings. The minimum Gasteiger partial charge on any atom is -0.468 e. The van der Waals surface area contributed by atoms with Gasteiger partial charge in [0, 0.05) is 5.69 Å². The Morgan fingerprint density at radius 2 is 2.06 bits per heavy atom. The van der Waals surface area contributed by atoms with Gasteiger partial charge in [0.2, 0.25) is 10.0 Å². The van der Waals surface area contributed by atoms with Gasteiger partial charge in [-0.2, -0.15) is 0 Å². The lowest BCUT2D eigenvalue weighted by Crippen LogP contribution is -2.39. The smallest absolute Gasteiger partial charge is 0.323 e. The molecule has 100 valence electrons. The summed E-state index contributed by atoms with van der Waals surface area (Å²) in [6.45, 7) is 1.41. The molecule has 1 rings (SSSR count). The highest BCUT2D eigenvalue weighted by Gasteiger charge is 2.21. The summed E-state index contributed by atoms with van der Waals surface area (Å²) in [5.41, 5.74) is 6.55. The fourth-order valence-corrected chi connectivity index (χ4v) is 2.80. The van der Waals surface area contributed by atoms with Crippen molar-refractivity contribution in [3.63, 3.8) is 0 Å². The van der Waals surface area contributed by atoms with Crippen molar-refractivity contribution >= 4 is 21.7 Å². The summed E-state index contributed by atoms with van der Waals surface area (Å²) in [5, 5.41) is 0. The van der Waals surface area contributed by atoms with Crippen LogP contribution in [0.25, 0.3) is 0 Å². The first kappa shape index (κ1) is 14.5. The number of nitrogens with one attached hydrogen (secondary N) is 1. The molecule has 7 heteroatoms. The second-order valence-electron chi connectivity index (χ2n) is 3.82. The summed E-state index contributed by atoms with van der Waals surface area (Å²) in [6.07, 6.45) is 0. The normalized spacial score (nSPS) is 13.0. The monoisotopic (exact) mass is 272 g/mol. The molecule has 0 spiro atoms. The number of sulfonamides is 1. The Morgan fingerprint density at radius 1 is 1.44 bits per heavy atom. The molecule has 0 saturated carbocycles. The Hall–Kier alpha value is -1.60. The fraction of sp³-hybridized carbons (Fsp3) is 0.364. The van der Waals surface area contributed by atoms with E-state index in [1.54, 1.807) is 24.3 Å². The van der Waals surface area contributed by atoms with Crippen molar-refractivity contribution in [2.24, 2.45) is 0 Å². The van der Waals surface area contributed by atoms with Gasteiger partial charge in [0.25, 0.3) is 0 Å². The van der Waals surface area contributed by atoms with E-state index in [0.29, 0.717) is 11.3 Å². The van der Waals surface area contributed by atoms with Crippen molar-refractivity contribution in [2.45, 2.75) is 18.7 Å². The molecule has 1 atom stereocenters. The average molecular weight is 272 g/mol. The van der Waals surface area contributed by atoms with Crippen molar-refractivity contribution in [2.75, 3.05) is 12.8 Å². The number of carbonyl (C=O) groups excluding carboxylic acids is 1. The van der Waals surface area contributed by atoms with Crippen LogP contribution < -0.4 is 10.5 Å². The summed E-state index contributed by atoms with van der Waals surface area (Å²) in [7, 11) is -2.45. The minimum absolute atomic E-state index is 0.277. The molecule has 18 heavy (non-hydrogen) atoms. The number of rotatable bonds is 5. The number of para-hydroxylation sites is 1. The van der Waals surface area contributed by atoms with Crippen LogP contribution in [-0.4, -0.2) is 27.5 Å². The van der Waals surface area contributed by atoms with Gasteiger partial charge in [0.1, 0.15) is 6.04 Å². The van der Waals surface area contributed by atoms with Gasteiger partial charge in [-0.05, 0) is 18.6 Å². The maximum Gasteiger partial charge on any atom is 0.323 e. The predicted molar refractivity (Wildman–Crippen MR) is 68.1 cm³/mol. The molecule has 1 aromatic carbocycles. The average Bonchev–Trinajstić information content (AvgIpc) is 2.30. The largest absolute Gasteiger partial charge is 0.468 e. The summed E-state index contributed by atoms with van der Waals surface area (Å²) in [4.78, 5) is 11.1. The summed E-state index contributed by atoms with van der Waals surface area (Å²) < 4.78 is 30.3. The number of nitrogens with two attached hydrogens (primary N) is 1. The summed E-state index contributed by atoms with van der Waals surface area (Å²) in [6, 6.07) is 5.73. The number of carbonyl (C=O) groups is 1. The Bertz CT molecular complexity index is 528. The van der Waals surface area contributed by atoms with E-state index in [1.807, 2.05) is 0 Å². The topological polar surface area (TPSA) is 98.5 Å². The van der Waals surface area contributed by atoms with Crippen molar-refractivity contribution in [3.8, 4) is 0 Å². The second kappa shape index (κ2) is 5.83. The Balaban J connectivity index is 2.77. The number of ether oxygens (including phenoxy) is 1.